The molecule has 2 heterocycles. The van der Waals surface area contributed by atoms with Gasteiger partial charge in [0.05, 0.1) is 0 Å². The lowest BCUT2D eigenvalue weighted by atomic mass is 10.1. The van der Waals surface area contributed by atoms with Gasteiger partial charge in [-0.2, -0.15) is 0 Å². The summed E-state index contributed by atoms with van der Waals surface area (Å²) in [4.78, 5) is 33.9. The molecule has 1 fully saturated rings. The zero-order valence-corrected chi connectivity index (χ0v) is 16.1. The van der Waals surface area contributed by atoms with Crippen LogP contribution in [0.4, 0.5) is 10.6 Å². The average Bonchev–Trinajstić information content (AvgIpc) is 2.53. The lowest BCUT2D eigenvalue weighted by molar-refractivity contribution is 0.0496. The molecule has 1 saturated heterocycles. The molecule has 8 nitrogen and oxygen atoms in total. The first-order chi connectivity index (χ1) is 12.0. The van der Waals surface area contributed by atoms with Crippen LogP contribution >= 0.6 is 0 Å². The predicted molar refractivity (Wildman–Crippen MR) is 97.7 cm³/mol. The summed E-state index contributed by atoms with van der Waals surface area (Å²) >= 11 is 0. The van der Waals surface area contributed by atoms with Crippen molar-refractivity contribution < 1.29 is 19.4 Å². The molecule has 0 aromatic carbocycles. The number of carboxylic acids is 1. The van der Waals surface area contributed by atoms with Crippen molar-refractivity contribution in [3.8, 4) is 0 Å². The van der Waals surface area contributed by atoms with Crippen LogP contribution in [0.3, 0.4) is 0 Å². The summed E-state index contributed by atoms with van der Waals surface area (Å²) in [5.74, 6) is 0.127. The number of hydrogen-bond donors (Lipinski definition) is 2. The molecule has 2 N–H and O–H groups in total. The highest BCUT2D eigenvalue weighted by molar-refractivity contribution is 5.86. The van der Waals surface area contributed by atoms with Crippen LogP contribution in [0.15, 0.2) is 6.07 Å². The van der Waals surface area contributed by atoms with Crippen LogP contribution < -0.4 is 10.2 Å². The normalized spacial score (nSPS) is 15.8. The third kappa shape index (κ3) is 5.57. The minimum absolute atomic E-state index is 0.00713. The predicted octanol–water partition coefficient (Wildman–Crippen LogP) is 2.79. The molecule has 1 amide bonds. The largest absolute Gasteiger partial charge is 0.477 e. The molecule has 1 aliphatic rings. The molecule has 8 heteroatoms. The Balaban J connectivity index is 2.01. The van der Waals surface area contributed by atoms with E-state index in [1.54, 1.807) is 0 Å². The Labute approximate surface area is 154 Å². The number of carboxylic acid groups (broad SMARTS) is 1. The molecule has 0 atom stereocenters. The highest BCUT2D eigenvalue weighted by Crippen LogP contribution is 2.21. The summed E-state index contributed by atoms with van der Waals surface area (Å²) in [6.45, 7) is 10.7. The van der Waals surface area contributed by atoms with Gasteiger partial charge in [0.1, 0.15) is 17.2 Å². The van der Waals surface area contributed by atoms with Gasteiger partial charge in [-0.25, -0.2) is 19.6 Å². The number of ether oxygens (including phenoxy) is 1. The number of amides is 1. The van der Waals surface area contributed by atoms with Gasteiger partial charge in [-0.05, 0) is 33.6 Å². The van der Waals surface area contributed by atoms with E-state index in [1.807, 2.05) is 39.5 Å². The van der Waals surface area contributed by atoms with E-state index in [0.717, 1.165) is 12.8 Å². The van der Waals surface area contributed by atoms with E-state index in [4.69, 9.17) is 4.74 Å². The maximum Gasteiger partial charge on any atom is 0.407 e. The fourth-order valence-corrected chi connectivity index (χ4v) is 2.71. The maximum atomic E-state index is 11.9. The first-order valence-electron chi connectivity index (χ1n) is 8.92. The molecule has 1 aromatic rings. The van der Waals surface area contributed by atoms with E-state index in [9.17, 15) is 14.7 Å². The molecule has 0 aliphatic carbocycles. The summed E-state index contributed by atoms with van der Waals surface area (Å²) in [5, 5.41) is 12.2. The van der Waals surface area contributed by atoms with Crippen molar-refractivity contribution in [1.82, 2.24) is 15.3 Å². The zero-order valence-electron chi connectivity index (χ0n) is 16.1. The Bertz CT molecular complexity index is 662. The van der Waals surface area contributed by atoms with E-state index < -0.39 is 17.7 Å². The van der Waals surface area contributed by atoms with Crippen molar-refractivity contribution in [1.29, 1.82) is 0 Å². The molecule has 1 aromatic heterocycles. The van der Waals surface area contributed by atoms with E-state index >= 15 is 0 Å². The second kappa shape index (κ2) is 7.88. The number of aromatic nitrogens is 2. The Kier molecular flexibility index (Phi) is 6.05. The van der Waals surface area contributed by atoms with Gasteiger partial charge in [0, 0.05) is 31.1 Å². The van der Waals surface area contributed by atoms with Crippen molar-refractivity contribution in [2.45, 2.75) is 65.0 Å². The van der Waals surface area contributed by atoms with Crippen LogP contribution in [0.2, 0.25) is 0 Å². The number of rotatable bonds is 4. The van der Waals surface area contributed by atoms with Crippen molar-refractivity contribution in [3.63, 3.8) is 0 Å². The molecule has 0 bridgehead atoms. The molecule has 0 radical (unpaired) electrons. The van der Waals surface area contributed by atoms with Gasteiger partial charge < -0.3 is 20.1 Å². The van der Waals surface area contributed by atoms with Crippen molar-refractivity contribution in [2.75, 3.05) is 18.0 Å². The number of carbonyl (C=O) groups excluding carboxylic acids is 1. The molecule has 0 spiro atoms. The minimum atomic E-state index is -1.06. The highest BCUT2D eigenvalue weighted by Gasteiger charge is 2.25. The number of piperidine rings is 1. The van der Waals surface area contributed by atoms with Crippen LogP contribution in [0.5, 0.6) is 0 Å². The molecule has 0 unspecified atom stereocenters. The number of hydrogen-bond acceptors (Lipinski definition) is 6. The van der Waals surface area contributed by atoms with E-state index in [1.165, 1.54) is 6.07 Å². The number of nitrogens with one attached hydrogen (secondary N) is 1. The third-order valence-corrected chi connectivity index (χ3v) is 4.01. The Morgan fingerprint density at radius 2 is 1.88 bits per heavy atom. The van der Waals surface area contributed by atoms with Gasteiger partial charge >= 0.3 is 12.1 Å². The fourth-order valence-electron chi connectivity index (χ4n) is 2.71. The van der Waals surface area contributed by atoms with Crippen LogP contribution in [-0.2, 0) is 4.74 Å². The second-order valence-corrected chi connectivity index (χ2v) is 7.84. The summed E-state index contributed by atoms with van der Waals surface area (Å²) in [6, 6.07) is 1.54. The monoisotopic (exact) mass is 364 g/mol. The Morgan fingerprint density at radius 1 is 1.27 bits per heavy atom. The lowest BCUT2D eigenvalue weighted by Gasteiger charge is -2.33. The molecule has 26 heavy (non-hydrogen) atoms. The Hall–Kier alpha value is -2.38. The van der Waals surface area contributed by atoms with Crippen LogP contribution in [0.1, 0.15) is 69.7 Å². The lowest BCUT2D eigenvalue weighted by Crippen LogP contribution is -2.46. The number of anilines is 1. The Morgan fingerprint density at radius 3 is 2.38 bits per heavy atom. The van der Waals surface area contributed by atoms with Crippen molar-refractivity contribution >= 4 is 17.9 Å². The number of nitrogens with zero attached hydrogens (tertiary/aromatic N) is 3. The molecule has 2 rings (SSSR count). The van der Waals surface area contributed by atoms with Gasteiger partial charge in [0.15, 0.2) is 5.69 Å². The second-order valence-electron chi connectivity index (χ2n) is 7.84. The van der Waals surface area contributed by atoms with E-state index in [2.05, 4.69) is 15.3 Å². The zero-order chi connectivity index (χ0) is 19.5. The van der Waals surface area contributed by atoms with Crippen LogP contribution in [0.25, 0.3) is 0 Å². The highest BCUT2D eigenvalue weighted by atomic mass is 16.6. The maximum absolute atomic E-state index is 11.9. The number of carbonyl (C=O) groups is 2. The average molecular weight is 364 g/mol. The molecule has 0 saturated carbocycles. The fraction of sp³-hybridized carbons (Fsp3) is 0.667. The SMILES string of the molecule is CC(C)c1nc(C(=O)O)cc(N2CCC(NC(=O)OC(C)(C)C)CC2)n1. The quantitative estimate of drug-likeness (QED) is 0.846. The van der Waals surface area contributed by atoms with E-state index in [0.29, 0.717) is 24.7 Å². The number of aromatic carboxylic acids is 1. The summed E-state index contributed by atoms with van der Waals surface area (Å²) in [5.41, 5.74) is -0.514. The third-order valence-electron chi connectivity index (χ3n) is 4.01. The van der Waals surface area contributed by atoms with Gasteiger partial charge in [0.25, 0.3) is 0 Å². The van der Waals surface area contributed by atoms with Crippen molar-refractivity contribution in [2.24, 2.45) is 0 Å². The smallest absolute Gasteiger partial charge is 0.407 e. The molecular formula is C18H28N4O4. The summed E-state index contributed by atoms with van der Waals surface area (Å²) in [7, 11) is 0. The molecule has 1 aliphatic heterocycles. The van der Waals surface area contributed by atoms with Gasteiger partial charge in [-0.15, -0.1) is 0 Å². The van der Waals surface area contributed by atoms with Crippen LogP contribution in [0, 0.1) is 0 Å². The summed E-state index contributed by atoms with van der Waals surface area (Å²) in [6.07, 6.45) is 1.07. The van der Waals surface area contributed by atoms with Gasteiger partial charge in [0.2, 0.25) is 0 Å². The summed E-state index contributed by atoms with van der Waals surface area (Å²) < 4.78 is 5.29. The van der Waals surface area contributed by atoms with Crippen LogP contribution in [-0.4, -0.2) is 51.9 Å². The van der Waals surface area contributed by atoms with Gasteiger partial charge in [-0.1, -0.05) is 13.8 Å². The minimum Gasteiger partial charge on any atom is -0.477 e. The molecular weight excluding hydrogens is 336 g/mol. The first kappa shape index (κ1) is 19.9. The van der Waals surface area contributed by atoms with Crippen molar-refractivity contribution in [3.05, 3.63) is 17.6 Å². The topological polar surface area (TPSA) is 105 Å². The molecule has 144 valence electrons. The standard InChI is InChI=1S/C18H28N4O4/c1-11(2)15-20-13(16(23)24)10-14(21-15)22-8-6-12(7-9-22)19-17(25)26-18(3,4)5/h10-12H,6-9H2,1-5H3,(H,19,25)(H,23,24). The number of alkyl carbamates (subject to hydrolysis) is 1. The van der Waals surface area contributed by atoms with Gasteiger partial charge in [-0.3, -0.25) is 0 Å². The first-order valence-corrected chi connectivity index (χ1v) is 8.92. The van der Waals surface area contributed by atoms with E-state index in [-0.39, 0.29) is 17.7 Å².